The van der Waals surface area contributed by atoms with Gasteiger partial charge in [0.2, 0.25) is 0 Å². The van der Waals surface area contributed by atoms with Crippen molar-refractivity contribution in [1.29, 1.82) is 0 Å². The van der Waals surface area contributed by atoms with E-state index in [0.29, 0.717) is 17.5 Å². The van der Waals surface area contributed by atoms with E-state index in [1.165, 1.54) is 62.6 Å². The summed E-state index contributed by atoms with van der Waals surface area (Å²) in [6.45, 7) is 0. The Bertz CT molecular complexity index is 2800. The van der Waals surface area contributed by atoms with Gasteiger partial charge in [0, 0.05) is 57.0 Å². The predicted octanol–water partition coefficient (Wildman–Crippen LogP) is 12.9. The van der Waals surface area contributed by atoms with Crippen LogP contribution < -0.4 is 0 Å². The molecular weight excluding hydrogens is 647 g/mol. The number of thiophene rings is 2. The molecule has 0 unspecified atom stereocenters. The number of aromatic nitrogens is 3. The molecule has 0 bridgehead atoms. The van der Waals surface area contributed by atoms with Crippen molar-refractivity contribution in [3.05, 3.63) is 164 Å². The molecule has 7 aromatic carbocycles. The zero-order chi connectivity index (χ0) is 33.0. The summed E-state index contributed by atoms with van der Waals surface area (Å²) in [4.78, 5) is 15.1. The van der Waals surface area contributed by atoms with Crippen LogP contribution in [0, 0.1) is 0 Å². The Morgan fingerprint density at radius 3 is 1.64 bits per heavy atom. The molecule has 3 aromatic heterocycles. The summed E-state index contributed by atoms with van der Waals surface area (Å²) in [5.41, 5.74) is 7.87. The topological polar surface area (TPSA) is 38.7 Å². The minimum Gasteiger partial charge on any atom is -0.208 e. The minimum absolute atomic E-state index is 0.667. The van der Waals surface area contributed by atoms with Gasteiger partial charge in [-0.05, 0) is 58.7 Å². The molecule has 3 nitrogen and oxygen atoms in total. The third kappa shape index (κ3) is 4.90. The SMILES string of the molecule is c1ccc(-c2cc(-c3ccc4sc5c(-c6nc(-c7ccccc7)nc(-c7ccccc7)n6)cccc5c4c3)c3c(c2)sc2ccccc23)cc1. The fourth-order valence-electron chi connectivity index (χ4n) is 6.95. The predicted molar refractivity (Wildman–Crippen MR) is 213 cm³/mol. The molecule has 0 N–H and O–H groups in total. The maximum atomic E-state index is 5.07. The molecule has 10 aromatic rings. The summed E-state index contributed by atoms with van der Waals surface area (Å²) in [7, 11) is 0. The standard InChI is InChI=1S/C45H27N3S2/c1-4-13-28(14-5-1)32-26-36(41-34-19-10-11-22-38(34)49-40(41)27-32)31-23-24-39-37(25-31)33-20-12-21-35(42(33)50-39)45-47-43(29-15-6-2-7-16-29)46-44(48-45)30-17-8-3-9-18-30/h1-27H. The summed E-state index contributed by atoms with van der Waals surface area (Å²) in [5, 5.41) is 5.07. The van der Waals surface area contributed by atoms with E-state index in [1.54, 1.807) is 11.3 Å². The van der Waals surface area contributed by atoms with E-state index in [9.17, 15) is 0 Å². The number of hydrogen-bond donors (Lipinski definition) is 0. The maximum Gasteiger partial charge on any atom is 0.165 e. The van der Waals surface area contributed by atoms with E-state index in [0.717, 1.165) is 16.7 Å². The molecular formula is C45H27N3S2. The van der Waals surface area contributed by atoms with Gasteiger partial charge < -0.3 is 0 Å². The minimum atomic E-state index is 0.667. The van der Waals surface area contributed by atoms with E-state index in [1.807, 2.05) is 47.7 Å². The molecule has 0 spiro atoms. The molecule has 0 atom stereocenters. The van der Waals surface area contributed by atoms with Crippen molar-refractivity contribution in [3.8, 4) is 56.4 Å². The Morgan fingerprint density at radius 2 is 0.920 bits per heavy atom. The van der Waals surface area contributed by atoms with Crippen LogP contribution in [0.1, 0.15) is 0 Å². The smallest absolute Gasteiger partial charge is 0.165 e. The average Bonchev–Trinajstić information content (AvgIpc) is 3.76. The highest BCUT2D eigenvalue weighted by Gasteiger charge is 2.18. The van der Waals surface area contributed by atoms with Gasteiger partial charge in [-0.15, -0.1) is 22.7 Å². The maximum absolute atomic E-state index is 5.07. The van der Waals surface area contributed by atoms with Gasteiger partial charge in [0.25, 0.3) is 0 Å². The van der Waals surface area contributed by atoms with Gasteiger partial charge in [0.1, 0.15) is 0 Å². The molecule has 0 saturated carbocycles. The third-order valence-corrected chi connectivity index (χ3v) is 11.7. The van der Waals surface area contributed by atoms with Crippen LogP contribution in [0.2, 0.25) is 0 Å². The lowest BCUT2D eigenvalue weighted by Gasteiger charge is -2.10. The van der Waals surface area contributed by atoms with Gasteiger partial charge in [-0.1, -0.05) is 127 Å². The van der Waals surface area contributed by atoms with Crippen molar-refractivity contribution in [1.82, 2.24) is 15.0 Å². The summed E-state index contributed by atoms with van der Waals surface area (Å²) >= 11 is 3.67. The van der Waals surface area contributed by atoms with Crippen LogP contribution in [0.5, 0.6) is 0 Å². The van der Waals surface area contributed by atoms with Gasteiger partial charge in [-0.25, -0.2) is 15.0 Å². The first-order valence-corrected chi connectivity index (χ1v) is 18.2. The van der Waals surface area contributed by atoms with E-state index < -0.39 is 0 Å². The lowest BCUT2D eigenvalue weighted by atomic mass is 9.94. The van der Waals surface area contributed by atoms with Crippen LogP contribution in [0.15, 0.2) is 164 Å². The molecule has 0 fully saturated rings. The lowest BCUT2D eigenvalue weighted by molar-refractivity contribution is 1.08. The van der Waals surface area contributed by atoms with Gasteiger partial charge in [-0.2, -0.15) is 0 Å². The largest absolute Gasteiger partial charge is 0.208 e. The molecule has 0 aliphatic carbocycles. The van der Waals surface area contributed by atoms with E-state index in [4.69, 9.17) is 15.0 Å². The van der Waals surface area contributed by atoms with Crippen molar-refractivity contribution >= 4 is 63.0 Å². The number of rotatable bonds is 5. The van der Waals surface area contributed by atoms with E-state index in [2.05, 4.69) is 127 Å². The van der Waals surface area contributed by atoms with E-state index >= 15 is 0 Å². The Hall–Kier alpha value is -6.01. The first kappa shape index (κ1) is 29.0. The molecule has 5 heteroatoms. The van der Waals surface area contributed by atoms with Crippen molar-refractivity contribution in [2.75, 3.05) is 0 Å². The lowest BCUT2D eigenvalue weighted by Crippen LogP contribution is -2.00. The normalized spacial score (nSPS) is 11.6. The van der Waals surface area contributed by atoms with Crippen molar-refractivity contribution in [2.24, 2.45) is 0 Å². The molecule has 234 valence electrons. The van der Waals surface area contributed by atoms with E-state index in [-0.39, 0.29) is 0 Å². The summed E-state index contributed by atoms with van der Waals surface area (Å²) < 4.78 is 5.02. The van der Waals surface area contributed by atoms with Crippen molar-refractivity contribution in [3.63, 3.8) is 0 Å². The number of nitrogens with zero attached hydrogens (tertiary/aromatic N) is 3. The van der Waals surface area contributed by atoms with Crippen molar-refractivity contribution in [2.45, 2.75) is 0 Å². The zero-order valence-corrected chi connectivity index (χ0v) is 28.4. The van der Waals surface area contributed by atoms with Crippen LogP contribution in [-0.4, -0.2) is 15.0 Å². The average molecular weight is 674 g/mol. The van der Waals surface area contributed by atoms with Gasteiger partial charge in [0.15, 0.2) is 17.5 Å². The third-order valence-electron chi connectivity index (χ3n) is 9.33. The summed E-state index contributed by atoms with van der Waals surface area (Å²) in [6, 6.07) is 58.0. The number of hydrogen-bond acceptors (Lipinski definition) is 5. The molecule has 0 amide bonds. The highest BCUT2D eigenvalue weighted by Crippen LogP contribution is 2.45. The van der Waals surface area contributed by atoms with Crippen LogP contribution >= 0.6 is 22.7 Å². The second-order valence-corrected chi connectivity index (χ2v) is 14.5. The van der Waals surface area contributed by atoms with Crippen LogP contribution in [0.3, 0.4) is 0 Å². The number of fused-ring (bicyclic) bond motifs is 6. The fourth-order valence-corrected chi connectivity index (χ4v) is 9.31. The summed E-state index contributed by atoms with van der Waals surface area (Å²) in [5.74, 6) is 2.01. The van der Waals surface area contributed by atoms with Crippen LogP contribution in [0.4, 0.5) is 0 Å². The second kappa shape index (κ2) is 11.8. The molecule has 0 radical (unpaired) electrons. The molecule has 10 rings (SSSR count). The zero-order valence-electron chi connectivity index (χ0n) is 26.7. The molecule has 0 saturated heterocycles. The number of benzene rings is 7. The Labute approximate surface area is 296 Å². The fraction of sp³-hybridized carbons (Fsp3) is 0. The molecule has 0 aliphatic rings. The second-order valence-electron chi connectivity index (χ2n) is 12.4. The highest BCUT2D eigenvalue weighted by atomic mass is 32.1. The first-order valence-electron chi connectivity index (χ1n) is 16.6. The molecule has 3 heterocycles. The monoisotopic (exact) mass is 673 g/mol. The summed E-state index contributed by atoms with van der Waals surface area (Å²) in [6.07, 6.45) is 0. The Balaban J connectivity index is 1.18. The van der Waals surface area contributed by atoms with Crippen molar-refractivity contribution < 1.29 is 0 Å². The van der Waals surface area contributed by atoms with Gasteiger partial charge in [-0.3, -0.25) is 0 Å². The van der Waals surface area contributed by atoms with Gasteiger partial charge in [0.05, 0.1) is 0 Å². The molecule has 50 heavy (non-hydrogen) atoms. The van der Waals surface area contributed by atoms with Gasteiger partial charge >= 0.3 is 0 Å². The van der Waals surface area contributed by atoms with Crippen LogP contribution in [-0.2, 0) is 0 Å². The highest BCUT2D eigenvalue weighted by molar-refractivity contribution is 7.26. The Morgan fingerprint density at radius 1 is 0.320 bits per heavy atom. The Kier molecular flexibility index (Phi) is 6.86. The van der Waals surface area contributed by atoms with Crippen LogP contribution in [0.25, 0.3) is 96.8 Å². The molecule has 0 aliphatic heterocycles. The first-order chi connectivity index (χ1) is 24.8. The quantitative estimate of drug-likeness (QED) is 0.182.